The summed E-state index contributed by atoms with van der Waals surface area (Å²) in [6.45, 7) is 7.30. The molecule has 0 unspecified atom stereocenters. The Labute approximate surface area is 82.2 Å². The molecule has 0 aromatic carbocycles. The minimum atomic E-state index is 0.224. The molecule has 1 aromatic heterocycles. The van der Waals surface area contributed by atoms with Crippen molar-refractivity contribution in [2.75, 3.05) is 0 Å². The van der Waals surface area contributed by atoms with Crippen LogP contribution in [0.1, 0.15) is 18.3 Å². The summed E-state index contributed by atoms with van der Waals surface area (Å²) in [5.74, 6) is 0. The first-order chi connectivity index (χ1) is 6.19. The Hall–Kier alpha value is -1.22. The molecule has 0 aliphatic rings. The quantitative estimate of drug-likeness (QED) is 0.538. The highest BCUT2D eigenvalue weighted by molar-refractivity contribution is 6.28. The summed E-state index contributed by atoms with van der Waals surface area (Å²) < 4.78 is 0. The van der Waals surface area contributed by atoms with Gasteiger partial charge in [0.25, 0.3) is 0 Å². The summed E-state index contributed by atoms with van der Waals surface area (Å²) in [6.07, 6.45) is 3.30. The van der Waals surface area contributed by atoms with Crippen molar-refractivity contribution in [1.82, 2.24) is 9.97 Å². The second-order valence-corrected chi connectivity index (χ2v) is 2.74. The molecule has 0 saturated carbocycles. The maximum atomic E-state index is 5.68. The van der Waals surface area contributed by atoms with Crippen LogP contribution in [-0.2, 0) is 0 Å². The van der Waals surface area contributed by atoms with Gasteiger partial charge in [-0.15, -0.1) is 0 Å². The summed E-state index contributed by atoms with van der Waals surface area (Å²) in [4.78, 5) is 12.1. The van der Waals surface area contributed by atoms with Crippen LogP contribution in [0.4, 0.5) is 5.69 Å². The number of aliphatic imine (C=N–C) groups is 1. The standard InChI is InChI=1S/C9H10ClN3/c1-4-7-8(11-5-2)6(3)12-9(10)13-7/h4-5H,1H2,2-3H3. The molecule has 0 aliphatic carbocycles. The lowest BCUT2D eigenvalue weighted by atomic mass is 10.3. The first kappa shape index (κ1) is 9.86. The Bertz CT molecular complexity index is 358. The Balaban J connectivity index is 3.37. The van der Waals surface area contributed by atoms with Gasteiger partial charge >= 0.3 is 0 Å². The Morgan fingerprint density at radius 2 is 2.15 bits per heavy atom. The average molecular weight is 196 g/mol. The molecule has 1 rings (SSSR count). The number of hydrogen-bond acceptors (Lipinski definition) is 3. The number of aromatic nitrogens is 2. The van der Waals surface area contributed by atoms with E-state index in [9.17, 15) is 0 Å². The van der Waals surface area contributed by atoms with Gasteiger partial charge in [0, 0.05) is 6.21 Å². The summed E-state index contributed by atoms with van der Waals surface area (Å²) in [5, 5.41) is 0.224. The van der Waals surface area contributed by atoms with Crippen molar-refractivity contribution in [3.63, 3.8) is 0 Å². The molecule has 68 valence electrons. The summed E-state index contributed by atoms with van der Waals surface area (Å²) in [5.41, 5.74) is 2.14. The smallest absolute Gasteiger partial charge is 0.223 e. The van der Waals surface area contributed by atoms with Crippen molar-refractivity contribution >= 4 is 29.6 Å². The van der Waals surface area contributed by atoms with Crippen LogP contribution in [0.3, 0.4) is 0 Å². The molecule has 0 atom stereocenters. The van der Waals surface area contributed by atoms with Crippen LogP contribution < -0.4 is 0 Å². The van der Waals surface area contributed by atoms with Gasteiger partial charge < -0.3 is 0 Å². The van der Waals surface area contributed by atoms with E-state index in [2.05, 4.69) is 21.5 Å². The molecule has 0 bridgehead atoms. The fourth-order valence-electron chi connectivity index (χ4n) is 0.985. The average Bonchev–Trinajstić information content (AvgIpc) is 2.09. The molecule has 1 aromatic rings. The molecule has 1 heterocycles. The van der Waals surface area contributed by atoms with Crippen LogP contribution in [0.25, 0.3) is 6.08 Å². The van der Waals surface area contributed by atoms with Crippen LogP contribution >= 0.6 is 11.6 Å². The molecule has 0 saturated heterocycles. The highest BCUT2D eigenvalue weighted by atomic mass is 35.5. The van der Waals surface area contributed by atoms with Crippen LogP contribution in [0.2, 0.25) is 5.28 Å². The van der Waals surface area contributed by atoms with Gasteiger partial charge in [0.05, 0.1) is 11.4 Å². The highest BCUT2D eigenvalue weighted by Crippen LogP contribution is 2.22. The lowest BCUT2D eigenvalue weighted by molar-refractivity contribution is 1.08. The monoisotopic (exact) mass is 195 g/mol. The number of halogens is 1. The summed E-state index contributed by atoms with van der Waals surface area (Å²) in [7, 11) is 0. The molecule has 0 fully saturated rings. The maximum Gasteiger partial charge on any atom is 0.223 e. The van der Waals surface area contributed by atoms with Gasteiger partial charge in [-0.2, -0.15) is 0 Å². The fraction of sp³-hybridized carbons (Fsp3) is 0.222. The lowest BCUT2D eigenvalue weighted by Crippen LogP contribution is -1.91. The normalized spacial score (nSPS) is 10.7. The third kappa shape index (κ3) is 2.12. The van der Waals surface area contributed by atoms with Crippen molar-refractivity contribution in [3.8, 4) is 0 Å². The zero-order valence-corrected chi connectivity index (χ0v) is 8.34. The lowest BCUT2D eigenvalue weighted by Gasteiger charge is -2.02. The molecule has 0 N–H and O–H groups in total. The number of nitrogens with zero attached hydrogens (tertiary/aromatic N) is 3. The number of aryl methyl sites for hydroxylation is 1. The van der Waals surface area contributed by atoms with Gasteiger partial charge in [-0.1, -0.05) is 6.58 Å². The third-order valence-corrected chi connectivity index (χ3v) is 1.68. The Morgan fingerprint density at radius 3 is 2.69 bits per heavy atom. The van der Waals surface area contributed by atoms with Crippen LogP contribution in [-0.4, -0.2) is 16.2 Å². The molecular weight excluding hydrogens is 186 g/mol. The van der Waals surface area contributed by atoms with Crippen LogP contribution in [0.15, 0.2) is 11.6 Å². The molecular formula is C9H10ClN3. The molecule has 4 heteroatoms. The van der Waals surface area contributed by atoms with Gasteiger partial charge in [-0.05, 0) is 31.5 Å². The molecule has 0 amide bonds. The van der Waals surface area contributed by atoms with Crippen LogP contribution in [0.5, 0.6) is 0 Å². The van der Waals surface area contributed by atoms with E-state index >= 15 is 0 Å². The van der Waals surface area contributed by atoms with E-state index in [1.807, 2.05) is 13.8 Å². The largest absolute Gasteiger partial charge is 0.257 e. The van der Waals surface area contributed by atoms with Gasteiger partial charge in [0.2, 0.25) is 5.28 Å². The topological polar surface area (TPSA) is 38.1 Å². The SMILES string of the molecule is C=Cc1nc(Cl)nc(C)c1N=CC. The molecule has 3 nitrogen and oxygen atoms in total. The van der Waals surface area contributed by atoms with Crippen molar-refractivity contribution in [2.45, 2.75) is 13.8 Å². The predicted molar refractivity (Wildman–Crippen MR) is 55.7 cm³/mol. The van der Waals surface area contributed by atoms with Crippen molar-refractivity contribution < 1.29 is 0 Å². The third-order valence-electron chi connectivity index (χ3n) is 1.51. The first-order valence-electron chi connectivity index (χ1n) is 3.84. The van der Waals surface area contributed by atoms with Gasteiger partial charge in [0.1, 0.15) is 5.69 Å². The van der Waals surface area contributed by atoms with E-state index in [-0.39, 0.29) is 5.28 Å². The zero-order chi connectivity index (χ0) is 9.84. The van der Waals surface area contributed by atoms with Crippen molar-refractivity contribution in [2.24, 2.45) is 4.99 Å². The van der Waals surface area contributed by atoms with Crippen LogP contribution in [0, 0.1) is 6.92 Å². The predicted octanol–water partition coefficient (Wildman–Crippen LogP) is 2.80. The molecule has 13 heavy (non-hydrogen) atoms. The second-order valence-electron chi connectivity index (χ2n) is 2.40. The van der Waals surface area contributed by atoms with E-state index in [0.717, 1.165) is 11.4 Å². The maximum absolute atomic E-state index is 5.68. The van der Waals surface area contributed by atoms with E-state index in [1.54, 1.807) is 12.3 Å². The highest BCUT2D eigenvalue weighted by Gasteiger charge is 2.05. The second kappa shape index (κ2) is 4.14. The van der Waals surface area contributed by atoms with Gasteiger partial charge in [0.15, 0.2) is 0 Å². The van der Waals surface area contributed by atoms with E-state index < -0.39 is 0 Å². The van der Waals surface area contributed by atoms with E-state index in [1.165, 1.54) is 0 Å². The number of rotatable bonds is 2. The van der Waals surface area contributed by atoms with Gasteiger partial charge in [-0.25, -0.2) is 9.97 Å². The zero-order valence-electron chi connectivity index (χ0n) is 7.58. The molecule has 0 radical (unpaired) electrons. The number of hydrogen-bond donors (Lipinski definition) is 0. The van der Waals surface area contributed by atoms with E-state index in [0.29, 0.717) is 5.69 Å². The summed E-state index contributed by atoms with van der Waals surface area (Å²) in [6, 6.07) is 0. The minimum Gasteiger partial charge on any atom is -0.257 e. The van der Waals surface area contributed by atoms with Crippen molar-refractivity contribution in [3.05, 3.63) is 23.3 Å². The fourth-order valence-corrected chi connectivity index (χ4v) is 1.20. The molecule has 0 aliphatic heterocycles. The molecule has 0 spiro atoms. The Kier molecular flexibility index (Phi) is 3.14. The first-order valence-corrected chi connectivity index (χ1v) is 4.22. The Morgan fingerprint density at radius 1 is 1.46 bits per heavy atom. The summed E-state index contributed by atoms with van der Waals surface area (Å²) >= 11 is 5.68. The minimum absolute atomic E-state index is 0.224. The van der Waals surface area contributed by atoms with Gasteiger partial charge in [-0.3, -0.25) is 4.99 Å². The van der Waals surface area contributed by atoms with E-state index in [4.69, 9.17) is 11.6 Å². The van der Waals surface area contributed by atoms with Crippen molar-refractivity contribution in [1.29, 1.82) is 0 Å².